The molecule has 0 spiro atoms. The van der Waals surface area contributed by atoms with Crippen molar-refractivity contribution in [3.8, 4) is 0 Å². The fourth-order valence-corrected chi connectivity index (χ4v) is 1.66. The predicted molar refractivity (Wildman–Crippen MR) is 62.5 cm³/mol. The number of carboxylic acid groups (broad SMARTS) is 1. The average molecular weight is 241 g/mol. The van der Waals surface area contributed by atoms with Gasteiger partial charge in [-0.1, -0.05) is 6.08 Å². The van der Waals surface area contributed by atoms with Crippen molar-refractivity contribution >= 4 is 11.9 Å². The van der Waals surface area contributed by atoms with Gasteiger partial charge in [0.05, 0.1) is 12.5 Å². The molecule has 0 bridgehead atoms. The van der Waals surface area contributed by atoms with E-state index in [1.807, 2.05) is 0 Å². The molecule has 0 aliphatic heterocycles. The van der Waals surface area contributed by atoms with E-state index in [-0.39, 0.29) is 17.9 Å². The summed E-state index contributed by atoms with van der Waals surface area (Å²) in [5, 5.41) is 11.5. The molecule has 1 saturated carbocycles. The summed E-state index contributed by atoms with van der Waals surface area (Å²) in [5.74, 6) is -1.27. The summed E-state index contributed by atoms with van der Waals surface area (Å²) >= 11 is 0. The third-order valence-corrected chi connectivity index (χ3v) is 2.89. The highest BCUT2D eigenvalue weighted by Crippen LogP contribution is 2.27. The SMILES string of the molecule is C=CCCOC(C)C(=O)NC1CC(C(=O)O)C1. The molecule has 1 aliphatic rings. The molecule has 1 aliphatic carbocycles. The van der Waals surface area contributed by atoms with Crippen LogP contribution in [0, 0.1) is 5.92 Å². The van der Waals surface area contributed by atoms with E-state index < -0.39 is 12.1 Å². The molecule has 2 N–H and O–H groups in total. The number of carboxylic acids is 1. The van der Waals surface area contributed by atoms with Crippen LogP contribution in [0.15, 0.2) is 12.7 Å². The molecular formula is C12H19NO4. The maximum absolute atomic E-state index is 11.6. The normalized spacial score (nSPS) is 24.5. The van der Waals surface area contributed by atoms with E-state index in [1.54, 1.807) is 13.0 Å². The van der Waals surface area contributed by atoms with Crippen LogP contribution in [0.1, 0.15) is 26.2 Å². The van der Waals surface area contributed by atoms with Crippen LogP contribution in [0.25, 0.3) is 0 Å². The second kappa shape index (κ2) is 6.39. The van der Waals surface area contributed by atoms with Crippen LogP contribution in [0.4, 0.5) is 0 Å². The minimum absolute atomic E-state index is 0.0194. The second-order valence-corrected chi connectivity index (χ2v) is 4.30. The maximum atomic E-state index is 11.6. The number of ether oxygens (including phenoxy) is 1. The molecule has 1 atom stereocenters. The molecule has 0 aromatic rings. The van der Waals surface area contributed by atoms with E-state index in [9.17, 15) is 9.59 Å². The summed E-state index contributed by atoms with van der Waals surface area (Å²) in [5.41, 5.74) is 0. The minimum atomic E-state index is -0.786. The molecule has 5 nitrogen and oxygen atoms in total. The van der Waals surface area contributed by atoms with Crippen molar-refractivity contribution in [3.63, 3.8) is 0 Å². The number of aliphatic carboxylic acids is 1. The van der Waals surface area contributed by atoms with Crippen LogP contribution in [0.2, 0.25) is 0 Å². The minimum Gasteiger partial charge on any atom is -0.481 e. The summed E-state index contributed by atoms with van der Waals surface area (Å²) in [6.07, 6.45) is 2.97. The first kappa shape index (κ1) is 13.7. The van der Waals surface area contributed by atoms with Crippen molar-refractivity contribution in [2.75, 3.05) is 6.61 Å². The number of amides is 1. The van der Waals surface area contributed by atoms with Crippen LogP contribution >= 0.6 is 0 Å². The molecule has 1 fully saturated rings. The molecule has 96 valence electrons. The Morgan fingerprint density at radius 2 is 2.24 bits per heavy atom. The first-order valence-corrected chi connectivity index (χ1v) is 5.80. The zero-order valence-electron chi connectivity index (χ0n) is 10.0. The largest absolute Gasteiger partial charge is 0.481 e. The Labute approximate surface area is 101 Å². The van der Waals surface area contributed by atoms with E-state index in [0.29, 0.717) is 25.9 Å². The fourth-order valence-electron chi connectivity index (χ4n) is 1.66. The van der Waals surface area contributed by atoms with E-state index >= 15 is 0 Å². The zero-order valence-corrected chi connectivity index (χ0v) is 10.0. The molecule has 1 amide bonds. The van der Waals surface area contributed by atoms with Crippen molar-refractivity contribution in [2.24, 2.45) is 5.92 Å². The topological polar surface area (TPSA) is 75.6 Å². The van der Waals surface area contributed by atoms with Crippen LogP contribution < -0.4 is 5.32 Å². The number of carbonyl (C=O) groups is 2. The van der Waals surface area contributed by atoms with Gasteiger partial charge in [0.15, 0.2) is 0 Å². The van der Waals surface area contributed by atoms with Gasteiger partial charge >= 0.3 is 5.97 Å². The molecule has 0 saturated heterocycles. The maximum Gasteiger partial charge on any atom is 0.306 e. The van der Waals surface area contributed by atoms with Crippen LogP contribution in [-0.4, -0.2) is 35.7 Å². The second-order valence-electron chi connectivity index (χ2n) is 4.30. The summed E-state index contributed by atoms with van der Waals surface area (Å²) in [7, 11) is 0. The molecule has 0 radical (unpaired) electrons. The van der Waals surface area contributed by atoms with Gasteiger partial charge in [-0.2, -0.15) is 0 Å². The Kier molecular flexibility index (Phi) is 5.15. The molecule has 0 aromatic heterocycles. The third kappa shape index (κ3) is 4.19. The Hall–Kier alpha value is -1.36. The fraction of sp³-hybridized carbons (Fsp3) is 0.667. The molecule has 1 unspecified atom stereocenters. The monoisotopic (exact) mass is 241 g/mol. The molecular weight excluding hydrogens is 222 g/mol. The molecule has 1 rings (SSSR count). The van der Waals surface area contributed by atoms with Gasteiger partial charge in [-0.05, 0) is 26.2 Å². The van der Waals surface area contributed by atoms with Gasteiger partial charge in [-0.3, -0.25) is 9.59 Å². The van der Waals surface area contributed by atoms with Gasteiger partial charge in [-0.25, -0.2) is 0 Å². The number of rotatable bonds is 7. The van der Waals surface area contributed by atoms with Gasteiger partial charge < -0.3 is 15.2 Å². The van der Waals surface area contributed by atoms with Crippen molar-refractivity contribution < 1.29 is 19.4 Å². The van der Waals surface area contributed by atoms with Gasteiger partial charge in [0.2, 0.25) is 5.91 Å². The van der Waals surface area contributed by atoms with Crippen molar-refractivity contribution in [3.05, 3.63) is 12.7 Å². The molecule has 17 heavy (non-hydrogen) atoms. The lowest BCUT2D eigenvalue weighted by Gasteiger charge is -2.33. The zero-order chi connectivity index (χ0) is 12.8. The van der Waals surface area contributed by atoms with Crippen LogP contribution in [0.3, 0.4) is 0 Å². The van der Waals surface area contributed by atoms with Crippen molar-refractivity contribution in [1.29, 1.82) is 0 Å². The molecule has 5 heteroatoms. The smallest absolute Gasteiger partial charge is 0.306 e. The highest BCUT2D eigenvalue weighted by atomic mass is 16.5. The molecule has 0 aromatic carbocycles. The van der Waals surface area contributed by atoms with Gasteiger partial charge in [0.25, 0.3) is 0 Å². The Morgan fingerprint density at radius 3 is 2.76 bits per heavy atom. The number of hydrogen-bond acceptors (Lipinski definition) is 3. The highest BCUT2D eigenvalue weighted by molar-refractivity contribution is 5.81. The standard InChI is InChI=1S/C12H19NO4/c1-3-4-5-17-8(2)11(14)13-10-6-9(7-10)12(15)16/h3,8-10H,1,4-7H2,2H3,(H,13,14)(H,15,16). The van der Waals surface area contributed by atoms with Crippen LogP contribution in [0.5, 0.6) is 0 Å². The summed E-state index contributed by atoms with van der Waals surface area (Å²) < 4.78 is 5.29. The van der Waals surface area contributed by atoms with E-state index in [2.05, 4.69) is 11.9 Å². The lowest BCUT2D eigenvalue weighted by molar-refractivity contribution is -0.147. The lowest BCUT2D eigenvalue weighted by atomic mass is 9.80. The van der Waals surface area contributed by atoms with E-state index in [4.69, 9.17) is 9.84 Å². The summed E-state index contributed by atoms with van der Waals surface area (Å²) in [6.45, 7) is 5.72. The Morgan fingerprint density at radius 1 is 1.59 bits per heavy atom. The summed E-state index contributed by atoms with van der Waals surface area (Å²) in [6, 6.07) is -0.0194. The van der Waals surface area contributed by atoms with Crippen molar-refractivity contribution in [2.45, 2.75) is 38.3 Å². The summed E-state index contributed by atoms with van der Waals surface area (Å²) in [4.78, 5) is 22.2. The third-order valence-electron chi connectivity index (χ3n) is 2.89. The lowest BCUT2D eigenvalue weighted by Crippen LogP contribution is -2.49. The van der Waals surface area contributed by atoms with Gasteiger partial charge in [-0.15, -0.1) is 6.58 Å². The van der Waals surface area contributed by atoms with Crippen LogP contribution in [-0.2, 0) is 14.3 Å². The first-order valence-electron chi connectivity index (χ1n) is 5.80. The van der Waals surface area contributed by atoms with Gasteiger partial charge in [0.1, 0.15) is 6.10 Å². The average Bonchev–Trinajstić information content (AvgIpc) is 2.22. The van der Waals surface area contributed by atoms with Crippen molar-refractivity contribution in [1.82, 2.24) is 5.32 Å². The first-order chi connectivity index (χ1) is 8.04. The number of carbonyl (C=O) groups excluding carboxylic acids is 1. The van der Waals surface area contributed by atoms with E-state index in [1.165, 1.54) is 0 Å². The highest BCUT2D eigenvalue weighted by Gasteiger charge is 2.35. The van der Waals surface area contributed by atoms with E-state index in [0.717, 1.165) is 0 Å². The number of nitrogens with one attached hydrogen (secondary N) is 1. The Balaban J connectivity index is 2.17. The number of hydrogen-bond donors (Lipinski definition) is 2. The molecule has 0 heterocycles. The Bertz CT molecular complexity index is 297. The quantitative estimate of drug-likeness (QED) is 0.514. The predicted octanol–water partition coefficient (Wildman–Crippen LogP) is 0.947. The van der Waals surface area contributed by atoms with Gasteiger partial charge in [0, 0.05) is 6.04 Å².